The number of benzene rings is 1. The number of anilines is 1. The predicted molar refractivity (Wildman–Crippen MR) is 115 cm³/mol. The molecular weight excluding hydrogens is 366 g/mol. The molecule has 2 amide bonds. The standard InChI is InChI=1S/C22H31N5O2/c1-15-9-7-10-16(2)18(15)25-21(28)19-17-11-5-6-14-27(17)20(24-19)22(29)23-12-8-13-26(3)4/h7,9-10H,5-6,8,11-14H2,1-4H3,(H,23,29)(H,25,28). The van der Waals surface area contributed by atoms with Gasteiger partial charge in [-0.2, -0.15) is 0 Å². The van der Waals surface area contributed by atoms with Gasteiger partial charge in [0.2, 0.25) is 0 Å². The normalized spacial score (nSPS) is 13.3. The van der Waals surface area contributed by atoms with Gasteiger partial charge in [0.25, 0.3) is 11.8 Å². The van der Waals surface area contributed by atoms with E-state index >= 15 is 0 Å². The van der Waals surface area contributed by atoms with Crippen molar-refractivity contribution in [2.45, 2.75) is 46.1 Å². The third-order valence-corrected chi connectivity index (χ3v) is 5.32. The molecule has 3 rings (SSSR count). The Morgan fingerprint density at radius 2 is 1.86 bits per heavy atom. The molecule has 0 spiro atoms. The van der Waals surface area contributed by atoms with Crippen molar-refractivity contribution >= 4 is 17.5 Å². The Hall–Kier alpha value is -2.67. The van der Waals surface area contributed by atoms with Crippen molar-refractivity contribution in [2.75, 3.05) is 32.5 Å². The van der Waals surface area contributed by atoms with E-state index in [9.17, 15) is 9.59 Å². The molecule has 1 aromatic heterocycles. The van der Waals surface area contributed by atoms with E-state index in [-0.39, 0.29) is 11.8 Å². The highest BCUT2D eigenvalue weighted by molar-refractivity contribution is 6.05. The van der Waals surface area contributed by atoms with Crippen molar-refractivity contribution in [3.05, 3.63) is 46.5 Å². The number of aryl methyl sites for hydroxylation is 2. The summed E-state index contributed by atoms with van der Waals surface area (Å²) in [6, 6.07) is 5.91. The van der Waals surface area contributed by atoms with Crippen LogP contribution in [0.3, 0.4) is 0 Å². The molecule has 0 saturated carbocycles. The molecule has 7 nitrogen and oxygen atoms in total. The number of rotatable bonds is 7. The number of amides is 2. The van der Waals surface area contributed by atoms with Crippen molar-refractivity contribution < 1.29 is 9.59 Å². The maximum absolute atomic E-state index is 13.0. The fourth-order valence-electron chi connectivity index (χ4n) is 3.76. The molecule has 29 heavy (non-hydrogen) atoms. The average Bonchev–Trinajstić information content (AvgIpc) is 3.08. The highest BCUT2D eigenvalue weighted by atomic mass is 16.2. The van der Waals surface area contributed by atoms with Crippen molar-refractivity contribution in [2.24, 2.45) is 0 Å². The van der Waals surface area contributed by atoms with Crippen LogP contribution in [0.15, 0.2) is 18.2 Å². The zero-order valence-corrected chi connectivity index (χ0v) is 17.8. The maximum atomic E-state index is 13.0. The van der Waals surface area contributed by atoms with Crippen molar-refractivity contribution in [3.63, 3.8) is 0 Å². The van der Waals surface area contributed by atoms with Crippen molar-refractivity contribution in [3.8, 4) is 0 Å². The molecule has 2 heterocycles. The number of para-hydroxylation sites is 1. The van der Waals surface area contributed by atoms with Crippen LogP contribution in [0.25, 0.3) is 0 Å². The third-order valence-electron chi connectivity index (χ3n) is 5.32. The number of imidazole rings is 1. The van der Waals surface area contributed by atoms with Gasteiger partial charge in [-0.1, -0.05) is 18.2 Å². The first-order valence-electron chi connectivity index (χ1n) is 10.3. The number of nitrogens with zero attached hydrogens (tertiary/aromatic N) is 3. The van der Waals surface area contributed by atoms with Crippen LogP contribution in [0.1, 0.15) is 57.2 Å². The van der Waals surface area contributed by atoms with Gasteiger partial charge in [-0.15, -0.1) is 0 Å². The molecule has 0 radical (unpaired) electrons. The second-order valence-corrected chi connectivity index (χ2v) is 7.97. The molecule has 7 heteroatoms. The number of aromatic nitrogens is 2. The van der Waals surface area contributed by atoms with Gasteiger partial charge in [0.15, 0.2) is 11.5 Å². The molecule has 1 aromatic carbocycles. The van der Waals surface area contributed by atoms with E-state index in [1.165, 1.54) is 0 Å². The van der Waals surface area contributed by atoms with Crippen molar-refractivity contribution in [1.82, 2.24) is 19.8 Å². The Bertz CT molecular complexity index is 881. The lowest BCUT2D eigenvalue weighted by Gasteiger charge is -2.17. The number of nitrogens with one attached hydrogen (secondary N) is 2. The summed E-state index contributed by atoms with van der Waals surface area (Å²) in [4.78, 5) is 32.3. The molecule has 0 bridgehead atoms. The van der Waals surface area contributed by atoms with Gasteiger partial charge in [-0.3, -0.25) is 9.59 Å². The summed E-state index contributed by atoms with van der Waals surface area (Å²) in [7, 11) is 4.02. The first kappa shape index (κ1) is 21.0. The molecular formula is C22H31N5O2. The van der Waals surface area contributed by atoms with E-state index in [0.717, 1.165) is 61.3 Å². The maximum Gasteiger partial charge on any atom is 0.287 e. The minimum absolute atomic E-state index is 0.210. The summed E-state index contributed by atoms with van der Waals surface area (Å²) in [5.74, 6) is -0.117. The summed E-state index contributed by atoms with van der Waals surface area (Å²) in [5.41, 5.74) is 4.05. The van der Waals surface area contributed by atoms with E-state index in [2.05, 4.69) is 20.5 Å². The molecule has 0 atom stereocenters. The number of hydrogen-bond acceptors (Lipinski definition) is 4. The van der Waals surface area contributed by atoms with Gasteiger partial charge in [0.05, 0.1) is 5.69 Å². The Morgan fingerprint density at radius 1 is 1.14 bits per heavy atom. The molecule has 0 aliphatic carbocycles. The van der Waals surface area contributed by atoms with Gasteiger partial charge in [-0.05, 0) is 71.3 Å². The zero-order chi connectivity index (χ0) is 21.0. The number of carbonyl (C=O) groups excluding carboxylic acids is 2. The second-order valence-electron chi connectivity index (χ2n) is 7.97. The first-order chi connectivity index (χ1) is 13.9. The SMILES string of the molecule is Cc1cccc(C)c1NC(=O)c1nc(C(=O)NCCCN(C)C)n2c1CCCC2. The molecule has 0 saturated heterocycles. The summed E-state index contributed by atoms with van der Waals surface area (Å²) >= 11 is 0. The zero-order valence-electron chi connectivity index (χ0n) is 17.8. The van der Waals surface area contributed by atoms with Gasteiger partial charge < -0.3 is 20.1 Å². The molecule has 2 aromatic rings. The highest BCUT2D eigenvalue weighted by Crippen LogP contribution is 2.24. The second kappa shape index (κ2) is 9.22. The van der Waals surface area contributed by atoms with Gasteiger partial charge in [0, 0.05) is 18.8 Å². The topological polar surface area (TPSA) is 79.3 Å². The summed E-state index contributed by atoms with van der Waals surface area (Å²) in [6.45, 7) is 6.15. The van der Waals surface area contributed by atoms with Crippen LogP contribution < -0.4 is 10.6 Å². The van der Waals surface area contributed by atoms with Crippen LogP contribution in [-0.4, -0.2) is 53.5 Å². The van der Waals surface area contributed by atoms with Gasteiger partial charge in [0.1, 0.15) is 0 Å². The first-order valence-corrected chi connectivity index (χ1v) is 10.3. The Balaban J connectivity index is 1.81. The van der Waals surface area contributed by atoms with Crippen LogP contribution in [0, 0.1) is 13.8 Å². The fraction of sp³-hybridized carbons (Fsp3) is 0.500. The average molecular weight is 398 g/mol. The third kappa shape index (κ3) is 4.85. The monoisotopic (exact) mass is 397 g/mol. The fourth-order valence-corrected chi connectivity index (χ4v) is 3.76. The van der Waals surface area contributed by atoms with E-state index in [1.807, 2.05) is 50.7 Å². The Labute approximate surface area is 172 Å². The number of fused-ring (bicyclic) bond motifs is 1. The predicted octanol–water partition coefficient (Wildman–Crippen LogP) is 2.77. The lowest BCUT2D eigenvalue weighted by Crippen LogP contribution is -2.30. The molecule has 0 fully saturated rings. The van der Waals surface area contributed by atoms with Gasteiger partial charge >= 0.3 is 0 Å². The Morgan fingerprint density at radius 3 is 2.55 bits per heavy atom. The minimum Gasteiger partial charge on any atom is -0.349 e. The molecule has 1 aliphatic rings. The largest absolute Gasteiger partial charge is 0.349 e. The quantitative estimate of drug-likeness (QED) is 0.704. The van der Waals surface area contributed by atoms with E-state index in [0.29, 0.717) is 18.1 Å². The smallest absolute Gasteiger partial charge is 0.287 e. The summed E-state index contributed by atoms with van der Waals surface area (Å²) in [5, 5.41) is 5.95. The van der Waals surface area contributed by atoms with E-state index < -0.39 is 0 Å². The summed E-state index contributed by atoms with van der Waals surface area (Å²) < 4.78 is 1.92. The van der Waals surface area contributed by atoms with E-state index in [1.54, 1.807) is 0 Å². The number of hydrogen-bond donors (Lipinski definition) is 2. The molecule has 156 valence electrons. The lowest BCUT2D eigenvalue weighted by molar-refractivity contribution is 0.0936. The van der Waals surface area contributed by atoms with E-state index in [4.69, 9.17) is 0 Å². The van der Waals surface area contributed by atoms with Crippen molar-refractivity contribution in [1.29, 1.82) is 0 Å². The lowest BCUT2D eigenvalue weighted by atomic mass is 10.1. The molecule has 2 N–H and O–H groups in total. The highest BCUT2D eigenvalue weighted by Gasteiger charge is 2.27. The van der Waals surface area contributed by atoms with Crippen LogP contribution >= 0.6 is 0 Å². The van der Waals surface area contributed by atoms with Crippen LogP contribution in [0.4, 0.5) is 5.69 Å². The summed E-state index contributed by atoms with van der Waals surface area (Å²) in [6.07, 6.45) is 3.62. The van der Waals surface area contributed by atoms with Crippen LogP contribution in [0.2, 0.25) is 0 Å². The molecule has 0 unspecified atom stereocenters. The van der Waals surface area contributed by atoms with Crippen LogP contribution in [0.5, 0.6) is 0 Å². The van der Waals surface area contributed by atoms with Crippen LogP contribution in [-0.2, 0) is 13.0 Å². The minimum atomic E-state index is -0.250. The Kier molecular flexibility index (Phi) is 6.69. The van der Waals surface area contributed by atoms with Gasteiger partial charge in [-0.25, -0.2) is 4.98 Å². The molecule has 1 aliphatic heterocycles. The number of carbonyl (C=O) groups is 2.